The third kappa shape index (κ3) is 11.5. The van der Waals surface area contributed by atoms with Crippen LogP contribution in [0, 0.1) is 0 Å². The van der Waals surface area contributed by atoms with Gasteiger partial charge in [0.15, 0.2) is 0 Å². The molecule has 5 heteroatoms. The zero-order valence-corrected chi connectivity index (χ0v) is 16.1. The Balaban J connectivity index is 0. The van der Waals surface area contributed by atoms with E-state index in [4.69, 9.17) is 4.74 Å². The highest BCUT2D eigenvalue weighted by molar-refractivity contribution is 7.98. The molecular weight excluding hydrogens is 300 g/mol. The van der Waals surface area contributed by atoms with Gasteiger partial charge in [0.25, 0.3) is 5.19 Å². The smallest absolute Gasteiger partial charge is 0.294 e. The van der Waals surface area contributed by atoms with Crippen molar-refractivity contribution in [3.63, 3.8) is 0 Å². The Bertz CT molecular complexity index is 387. The molecule has 21 heavy (non-hydrogen) atoms. The highest BCUT2D eigenvalue weighted by Gasteiger charge is 2.03. The van der Waals surface area contributed by atoms with Gasteiger partial charge in [-0.05, 0) is 24.7 Å². The predicted molar refractivity (Wildman–Crippen MR) is 97.7 cm³/mol. The zero-order valence-electron chi connectivity index (χ0n) is 14.5. The fourth-order valence-corrected chi connectivity index (χ4v) is 2.27. The number of hydrogen-bond donors (Lipinski definition) is 0. The SMILES string of the molecule is CC.CC.CC/C=C\C(=C/CC)COc1nc(SC)ns1. The molecule has 0 aliphatic carbocycles. The van der Waals surface area contributed by atoms with Crippen molar-refractivity contribution in [1.82, 2.24) is 9.36 Å². The second-order valence-corrected chi connectivity index (χ2v) is 4.82. The molecule has 0 unspecified atom stereocenters. The van der Waals surface area contributed by atoms with Crippen molar-refractivity contribution in [2.75, 3.05) is 12.9 Å². The highest BCUT2D eigenvalue weighted by Crippen LogP contribution is 2.20. The van der Waals surface area contributed by atoms with Crippen molar-refractivity contribution in [3.8, 4) is 5.19 Å². The summed E-state index contributed by atoms with van der Waals surface area (Å²) >= 11 is 2.83. The Morgan fingerprint density at radius 3 is 2.33 bits per heavy atom. The molecule has 122 valence electrons. The molecule has 0 aliphatic rings. The van der Waals surface area contributed by atoms with Crippen LogP contribution >= 0.6 is 23.3 Å². The lowest BCUT2D eigenvalue weighted by molar-refractivity contribution is 0.351. The van der Waals surface area contributed by atoms with Gasteiger partial charge in [-0.3, -0.25) is 0 Å². The Hall–Kier alpha value is -0.810. The van der Waals surface area contributed by atoms with E-state index in [1.54, 1.807) is 0 Å². The lowest BCUT2D eigenvalue weighted by Gasteiger charge is -2.02. The third-order valence-electron chi connectivity index (χ3n) is 1.97. The maximum absolute atomic E-state index is 5.61. The van der Waals surface area contributed by atoms with Crippen LogP contribution in [0.25, 0.3) is 0 Å². The van der Waals surface area contributed by atoms with E-state index in [0.717, 1.165) is 18.0 Å². The molecule has 0 N–H and O–H groups in total. The van der Waals surface area contributed by atoms with Gasteiger partial charge in [-0.1, -0.05) is 71.5 Å². The lowest BCUT2D eigenvalue weighted by atomic mass is 10.2. The van der Waals surface area contributed by atoms with Gasteiger partial charge in [0, 0.05) is 11.5 Å². The van der Waals surface area contributed by atoms with E-state index in [1.165, 1.54) is 28.9 Å². The van der Waals surface area contributed by atoms with Gasteiger partial charge in [-0.25, -0.2) is 0 Å². The van der Waals surface area contributed by atoms with Crippen molar-refractivity contribution < 1.29 is 4.74 Å². The van der Waals surface area contributed by atoms with Crippen molar-refractivity contribution in [2.45, 2.75) is 59.5 Å². The van der Waals surface area contributed by atoms with Crippen molar-refractivity contribution >= 4 is 23.3 Å². The van der Waals surface area contributed by atoms with E-state index in [2.05, 4.69) is 41.4 Å². The predicted octanol–water partition coefficient (Wildman–Crippen LogP) is 5.99. The molecule has 1 aromatic heterocycles. The number of hydrogen-bond acceptors (Lipinski definition) is 5. The van der Waals surface area contributed by atoms with E-state index in [1.807, 2.05) is 34.0 Å². The molecule has 1 heterocycles. The van der Waals surface area contributed by atoms with E-state index in [0.29, 0.717) is 11.8 Å². The van der Waals surface area contributed by atoms with Gasteiger partial charge in [-0.2, -0.15) is 9.36 Å². The van der Waals surface area contributed by atoms with E-state index < -0.39 is 0 Å². The number of ether oxygens (including phenoxy) is 1. The molecule has 0 aliphatic heterocycles. The van der Waals surface area contributed by atoms with Gasteiger partial charge in [0.1, 0.15) is 6.61 Å². The minimum Gasteiger partial charge on any atom is -0.464 e. The second kappa shape index (κ2) is 17.2. The summed E-state index contributed by atoms with van der Waals surface area (Å²) in [5.41, 5.74) is 1.19. The summed E-state index contributed by atoms with van der Waals surface area (Å²) in [5, 5.41) is 1.41. The second-order valence-electron chi connectivity index (χ2n) is 3.33. The topological polar surface area (TPSA) is 35.0 Å². The summed E-state index contributed by atoms with van der Waals surface area (Å²) in [5.74, 6) is 0. The van der Waals surface area contributed by atoms with E-state index >= 15 is 0 Å². The number of allylic oxidation sites excluding steroid dienone is 2. The van der Waals surface area contributed by atoms with Gasteiger partial charge >= 0.3 is 0 Å². The lowest BCUT2D eigenvalue weighted by Crippen LogP contribution is -1.99. The number of aromatic nitrogens is 2. The molecule has 0 bridgehead atoms. The average Bonchev–Trinajstić information content (AvgIpc) is 3.02. The number of rotatable bonds is 7. The molecule has 0 saturated heterocycles. The van der Waals surface area contributed by atoms with Gasteiger partial charge in [0.2, 0.25) is 5.16 Å². The minimum atomic E-state index is 0.563. The number of thioether (sulfide) groups is 1. The highest BCUT2D eigenvalue weighted by atomic mass is 32.2. The molecule has 0 radical (unpaired) electrons. The largest absolute Gasteiger partial charge is 0.464 e. The maximum Gasteiger partial charge on any atom is 0.294 e. The quantitative estimate of drug-likeness (QED) is 0.454. The zero-order chi connectivity index (χ0) is 16.5. The molecular formula is C16H30N2OS2. The minimum absolute atomic E-state index is 0.563. The molecule has 3 nitrogen and oxygen atoms in total. The van der Waals surface area contributed by atoms with Gasteiger partial charge < -0.3 is 4.74 Å². The Labute approximate surface area is 139 Å². The molecule has 0 saturated carbocycles. The first-order valence-electron chi connectivity index (χ1n) is 7.66. The summed E-state index contributed by atoms with van der Waals surface area (Å²) in [6.07, 6.45) is 10.4. The first-order chi connectivity index (χ1) is 10.3. The fraction of sp³-hybridized carbons (Fsp3) is 0.625. The Morgan fingerprint density at radius 1 is 1.19 bits per heavy atom. The van der Waals surface area contributed by atoms with Crippen LogP contribution in [0.4, 0.5) is 0 Å². The molecule has 0 fully saturated rings. The summed E-state index contributed by atoms with van der Waals surface area (Å²) in [6, 6.07) is 0. The van der Waals surface area contributed by atoms with Crippen LogP contribution in [0.3, 0.4) is 0 Å². The van der Waals surface area contributed by atoms with Crippen LogP contribution in [0.2, 0.25) is 0 Å². The van der Waals surface area contributed by atoms with Crippen molar-refractivity contribution in [2.24, 2.45) is 0 Å². The summed E-state index contributed by atoms with van der Waals surface area (Å²) in [7, 11) is 0. The van der Waals surface area contributed by atoms with Crippen LogP contribution in [0.1, 0.15) is 54.4 Å². The normalized spacial score (nSPS) is 10.5. The third-order valence-corrected chi connectivity index (χ3v) is 3.26. The Kier molecular flexibility index (Phi) is 18.4. The maximum atomic E-state index is 5.61. The first kappa shape index (κ1) is 22.5. The van der Waals surface area contributed by atoms with E-state index in [9.17, 15) is 0 Å². The molecule has 0 spiro atoms. The average molecular weight is 331 g/mol. The van der Waals surface area contributed by atoms with Gasteiger partial charge in [-0.15, -0.1) is 0 Å². The first-order valence-corrected chi connectivity index (χ1v) is 9.66. The van der Waals surface area contributed by atoms with E-state index in [-0.39, 0.29) is 0 Å². The monoisotopic (exact) mass is 330 g/mol. The van der Waals surface area contributed by atoms with Crippen LogP contribution in [0.15, 0.2) is 29.0 Å². The van der Waals surface area contributed by atoms with Crippen LogP contribution in [-0.2, 0) is 0 Å². The molecule has 1 rings (SSSR count). The van der Waals surface area contributed by atoms with Crippen molar-refractivity contribution in [3.05, 3.63) is 23.8 Å². The van der Waals surface area contributed by atoms with Crippen molar-refractivity contribution in [1.29, 1.82) is 0 Å². The summed E-state index contributed by atoms with van der Waals surface area (Å²) in [4.78, 5) is 4.24. The molecule has 0 amide bonds. The molecule has 0 atom stereocenters. The van der Waals surface area contributed by atoms with Gasteiger partial charge in [0.05, 0.1) is 0 Å². The van der Waals surface area contributed by atoms with Crippen LogP contribution in [-0.4, -0.2) is 22.2 Å². The standard InChI is InChI=1S/C12H18N2OS2.2C2H6/c1-4-6-8-10(7-5-2)9-15-12-13-11(16-3)14-17-12;2*1-2/h6-8H,4-5,9H2,1-3H3;2*1-2H3/b8-6-,10-7+;;. The van der Waals surface area contributed by atoms with Crippen LogP contribution < -0.4 is 4.74 Å². The summed E-state index contributed by atoms with van der Waals surface area (Å²) < 4.78 is 9.76. The molecule has 0 aromatic carbocycles. The van der Waals surface area contributed by atoms with Crippen LogP contribution in [0.5, 0.6) is 5.19 Å². The molecule has 1 aromatic rings. The Morgan fingerprint density at radius 2 is 1.86 bits per heavy atom. The summed E-state index contributed by atoms with van der Waals surface area (Å²) in [6.45, 7) is 12.8. The number of nitrogens with zero attached hydrogens (tertiary/aromatic N) is 2. The fourth-order valence-electron chi connectivity index (χ4n) is 1.19.